The molecular formula is C7H13BO2. The summed E-state index contributed by atoms with van der Waals surface area (Å²) in [6.07, 6.45) is 1.86. The molecule has 0 aliphatic rings. The van der Waals surface area contributed by atoms with Gasteiger partial charge in [-0.15, -0.1) is 0 Å². The zero-order chi connectivity index (χ0) is 7.98. The van der Waals surface area contributed by atoms with Gasteiger partial charge in [0.25, 0.3) is 0 Å². The summed E-state index contributed by atoms with van der Waals surface area (Å²) >= 11 is 0. The highest BCUT2D eigenvalue weighted by Gasteiger charge is 2.06. The highest BCUT2D eigenvalue weighted by atomic mass is 16.6. The van der Waals surface area contributed by atoms with Gasteiger partial charge in [0.2, 0.25) is 0 Å². The first-order valence-corrected chi connectivity index (χ1v) is 3.10. The molecule has 0 atom stereocenters. The van der Waals surface area contributed by atoms with Crippen molar-refractivity contribution < 1.29 is 9.31 Å². The van der Waals surface area contributed by atoms with Gasteiger partial charge in [0.1, 0.15) is 0 Å². The molecule has 0 radical (unpaired) electrons. The fourth-order valence-corrected chi connectivity index (χ4v) is 0.496. The quantitative estimate of drug-likeness (QED) is 0.434. The van der Waals surface area contributed by atoms with Crippen LogP contribution in [0.3, 0.4) is 0 Å². The van der Waals surface area contributed by atoms with Crippen LogP contribution in [-0.2, 0) is 9.31 Å². The Bertz CT molecular complexity index is 128. The van der Waals surface area contributed by atoms with Crippen molar-refractivity contribution in [2.75, 3.05) is 14.2 Å². The van der Waals surface area contributed by atoms with Crippen molar-refractivity contribution in [3.8, 4) is 0 Å². The van der Waals surface area contributed by atoms with Gasteiger partial charge in [0.15, 0.2) is 0 Å². The lowest BCUT2D eigenvalue weighted by atomic mass is 9.89. The van der Waals surface area contributed by atoms with Gasteiger partial charge in [-0.3, -0.25) is 0 Å². The maximum Gasteiger partial charge on any atom is 0.485 e. The molecule has 0 N–H and O–H groups in total. The molecule has 0 aromatic carbocycles. The van der Waals surface area contributed by atoms with E-state index in [1.807, 2.05) is 19.0 Å². The van der Waals surface area contributed by atoms with E-state index < -0.39 is 0 Å². The summed E-state index contributed by atoms with van der Waals surface area (Å²) in [4.78, 5) is 0. The van der Waals surface area contributed by atoms with Crippen LogP contribution >= 0.6 is 0 Å². The number of allylic oxidation sites excluding steroid dienone is 2. The molecule has 0 saturated heterocycles. The maximum absolute atomic E-state index is 4.90. The molecule has 0 spiro atoms. The van der Waals surface area contributed by atoms with Crippen LogP contribution in [0.5, 0.6) is 0 Å². The summed E-state index contributed by atoms with van der Waals surface area (Å²) in [5.74, 6) is 1.81. The molecule has 0 bridgehead atoms. The fraction of sp³-hybridized carbons (Fsp3) is 0.429. The Kier molecular flexibility index (Phi) is 4.98. The molecule has 0 fully saturated rings. The number of hydrogen-bond donors (Lipinski definition) is 0. The molecule has 0 rings (SSSR count). The van der Waals surface area contributed by atoms with Crippen LogP contribution in [0.2, 0.25) is 0 Å². The van der Waals surface area contributed by atoms with Crippen molar-refractivity contribution in [3.63, 3.8) is 0 Å². The Balaban J connectivity index is 3.72. The predicted octanol–water partition coefficient (Wildman–Crippen LogP) is 1.44. The molecule has 0 heterocycles. The van der Waals surface area contributed by atoms with Crippen LogP contribution in [0.1, 0.15) is 6.92 Å². The third-order valence-corrected chi connectivity index (χ3v) is 1.00. The molecular weight excluding hydrogens is 127 g/mol. The third-order valence-electron chi connectivity index (χ3n) is 1.00. The first-order valence-electron chi connectivity index (χ1n) is 3.10. The summed E-state index contributed by atoms with van der Waals surface area (Å²) in [6.45, 7) is 5.61. The SMILES string of the molecule is C=C(C)C=CB(OC)OC. The number of rotatable bonds is 4. The highest BCUT2D eigenvalue weighted by molar-refractivity contribution is 6.50. The van der Waals surface area contributed by atoms with Crippen molar-refractivity contribution in [1.29, 1.82) is 0 Å². The van der Waals surface area contributed by atoms with E-state index in [0.717, 1.165) is 5.57 Å². The molecule has 10 heavy (non-hydrogen) atoms. The smallest absolute Gasteiger partial charge is 0.410 e. The molecule has 0 aliphatic heterocycles. The van der Waals surface area contributed by atoms with E-state index in [1.54, 1.807) is 14.2 Å². The molecule has 0 aliphatic carbocycles. The van der Waals surface area contributed by atoms with E-state index in [4.69, 9.17) is 9.31 Å². The van der Waals surface area contributed by atoms with Crippen LogP contribution in [0.4, 0.5) is 0 Å². The second-order valence-corrected chi connectivity index (χ2v) is 2.05. The van der Waals surface area contributed by atoms with E-state index in [9.17, 15) is 0 Å². The van der Waals surface area contributed by atoms with Gasteiger partial charge in [-0.2, -0.15) is 0 Å². The standard InChI is InChI=1S/C7H13BO2/c1-7(2)5-6-8(9-3)10-4/h5-6H,1H2,2-4H3. The lowest BCUT2D eigenvalue weighted by molar-refractivity contribution is 0.290. The maximum atomic E-state index is 4.90. The van der Waals surface area contributed by atoms with Gasteiger partial charge in [-0.1, -0.05) is 24.2 Å². The van der Waals surface area contributed by atoms with Gasteiger partial charge in [-0.25, -0.2) is 0 Å². The third kappa shape index (κ3) is 4.35. The van der Waals surface area contributed by atoms with Crippen LogP contribution in [0.25, 0.3) is 0 Å². The second kappa shape index (κ2) is 5.27. The predicted molar refractivity (Wildman–Crippen MR) is 43.7 cm³/mol. The van der Waals surface area contributed by atoms with Crippen LogP contribution in [-0.4, -0.2) is 21.3 Å². The molecule has 2 nitrogen and oxygen atoms in total. The first-order chi connectivity index (χ1) is 4.70. The molecule has 3 heteroatoms. The average molecular weight is 140 g/mol. The monoisotopic (exact) mass is 140 g/mol. The largest absolute Gasteiger partial charge is 0.485 e. The summed E-state index contributed by atoms with van der Waals surface area (Å²) in [7, 11) is 2.94. The minimum atomic E-state index is -0.253. The fourth-order valence-electron chi connectivity index (χ4n) is 0.496. The molecule has 0 saturated carbocycles. The lowest BCUT2D eigenvalue weighted by Crippen LogP contribution is -2.15. The summed E-state index contributed by atoms with van der Waals surface area (Å²) < 4.78 is 9.80. The zero-order valence-electron chi connectivity index (χ0n) is 6.76. The van der Waals surface area contributed by atoms with Crippen molar-refractivity contribution >= 4 is 7.12 Å². The molecule has 0 aromatic rings. The average Bonchev–Trinajstić information content (AvgIpc) is 1.90. The summed E-state index contributed by atoms with van der Waals surface area (Å²) in [6, 6.07) is 0. The van der Waals surface area contributed by atoms with Crippen molar-refractivity contribution in [3.05, 3.63) is 24.2 Å². The topological polar surface area (TPSA) is 18.5 Å². The second-order valence-electron chi connectivity index (χ2n) is 2.05. The van der Waals surface area contributed by atoms with Crippen molar-refractivity contribution in [1.82, 2.24) is 0 Å². The zero-order valence-corrected chi connectivity index (χ0v) is 6.76. The Morgan fingerprint density at radius 2 is 1.90 bits per heavy atom. The minimum absolute atomic E-state index is 0.253. The Morgan fingerprint density at radius 1 is 1.40 bits per heavy atom. The van der Waals surface area contributed by atoms with Crippen molar-refractivity contribution in [2.45, 2.75) is 6.92 Å². The van der Waals surface area contributed by atoms with Gasteiger partial charge < -0.3 is 9.31 Å². The van der Waals surface area contributed by atoms with Crippen molar-refractivity contribution in [2.24, 2.45) is 0 Å². The molecule has 0 unspecified atom stereocenters. The van der Waals surface area contributed by atoms with Crippen LogP contribution in [0.15, 0.2) is 24.2 Å². The lowest BCUT2D eigenvalue weighted by Gasteiger charge is -2.00. The van der Waals surface area contributed by atoms with E-state index in [2.05, 4.69) is 6.58 Å². The van der Waals surface area contributed by atoms with Gasteiger partial charge in [0.05, 0.1) is 0 Å². The van der Waals surface area contributed by atoms with E-state index >= 15 is 0 Å². The first kappa shape index (κ1) is 9.46. The molecule has 0 amide bonds. The Labute approximate surface area is 62.7 Å². The molecule has 56 valence electrons. The summed E-state index contributed by atoms with van der Waals surface area (Å²) in [5.41, 5.74) is 0.985. The van der Waals surface area contributed by atoms with E-state index in [0.29, 0.717) is 0 Å². The Hall–Kier alpha value is -0.535. The van der Waals surface area contributed by atoms with Gasteiger partial charge in [-0.05, 0) is 6.92 Å². The van der Waals surface area contributed by atoms with Crippen LogP contribution in [0, 0.1) is 0 Å². The normalized spacial score (nSPS) is 10.3. The van der Waals surface area contributed by atoms with E-state index in [-0.39, 0.29) is 7.12 Å². The molecule has 0 aromatic heterocycles. The van der Waals surface area contributed by atoms with Gasteiger partial charge >= 0.3 is 7.12 Å². The summed E-state index contributed by atoms with van der Waals surface area (Å²) in [5, 5.41) is 0. The number of hydrogen-bond acceptors (Lipinski definition) is 2. The minimum Gasteiger partial charge on any atom is -0.410 e. The van der Waals surface area contributed by atoms with Gasteiger partial charge in [0, 0.05) is 14.2 Å². The Morgan fingerprint density at radius 3 is 2.20 bits per heavy atom. The van der Waals surface area contributed by atoms with E-state index in [1.165, 1.54) is 0 Å². The highest BCUT2D eigenvalue weighted by Crippen LogP contribution is 1.92. The van der Waals surface area contributed by atoms with Crippen LogP contribution < -0.4 is 0 Å².